The molecule has 0 spiro atoms. The van der Waals surface area contributed by atoms with E-state index in [0.29, 0.717) is 22.5 Å². The summed E-state index contributed by atoms with van der Waals surface area (Å²) in [7, 11) is -3.54. The molecule has 0 aromatic heterocycles. The maximum absolute atomic E-state index is 12.0. The summed E-state index contributed by atoms with van der Waals surface area (Å²) in [6.07, 6.45) is 0. The van der Waals surface area contributed by atoms with E-state index in [1.54, 1.807) is 48.5 Å². The van der Waals surface area contributed by atoms with Crippen LogP contribution in [-0.4, -0.2) is 8.42 Å². The van der Waals surface area contributed by atoms with Crippen LogP contribution in [0.25, 0.3) is 0 Å². The zero-order valence-electron chi connectivity index (χ0n) is 10.6. The molecule has 0 aliphatic rings. The minimum Gasteiger partial charge on any atom is -0.398 e. The number of nitrogens with zero attached hydrogens (tertiary/aromatic N) is 1. The Hall–Kier alpha value is -2.52. The van der Waals surface area contributed by atoms with Gasteiger partial charge in [-0.1, -0.05) is 18.2 Å². The van der Waals surface area contributed by atoms with Crippen molar-refractivity contribution in [2.75, 3.05) is 10.5 Å². The molecule has 0 atom stereocenters. The quantitative estimate of drug-likeness (QED) is 0.841. The fourth-order valence-electron chi connectivity index (χ4n) is 1.70. The van der Waals surface area contributed by atoms with Crippen molar-refractivity contribution in [2.45, 2.75) is 5.75 Å². The van der Waals surface area contributed by atoms with Crippen molar-refractivity contribution in [3.05, 3.63) is 59.7 Å². The van der Waals surface area contributed by atoms with Crippen LogP contribution in [0.5, 0.6) is 0 Å². The average molecular weight is 287 g/mol. The van der Waals surface area contributed by atoms with Crippen LogP contribution in [0.1, 0.15) is 11.1 Å². The van der Waals surface area contributed by atoms with Crippen molar-refractivity contribution >= 4 is 21.4 Å². The van der Waals surface area contributed by atoms with Crippen LogP contribution < -0.4 is 10.5 Å². The van der Waals surface area contributed by atoms with Gasteiger partial charge in [-0.15, -0.1) is 0 Å². The number of nitrogen functional groups attached to an aromatic ring is 1. The van der Waals surface area contributed by atoms with Crippen LogP contribution >= 0.6 is 0 Å². The topological polar surface area (TPSA) is 96.0 Å². The Morgan fingerprint density at radius 3 is 2.35 bits per heavy atom. The van der Waals surface area contributed by atoms with E-state index in [0.717, 1.165) is 0 Å². The zero-order chi connectivity index (χ0) is 14.6. The average Bonchev–Trinajstić information content (AvgIpc) is 2.41. The number of nitrogens with two attached hydrogens (primary N) is 1. The van der Waals surface area contributed by atoms with E-state index in [9.17, 15) is 8.42 Å². The molecular formula is C14H13N3O2S. The minimum absolute atomic E-state index is 0.195. The third-order valence-corrected chi connectivity index (χ3v) is 3.93. The molecule has 0 unspecified atom stereocenters. The third kappa shape index (κ3) is 3.49. The summed E-state index contributed by atoms with van der Waals surface area (Å²) in [5, 5.41) is 8.68. The maximum atomic E-state index is 12.0. The molecule has 20 heavy (non-hydrogen) atoms. The minimum atomic E-state index is -3.54. The highest BCUT2D eigenvalue weighted by Gasteiger charge is 2.13. The van der Waals surface area contributed by atoms with Gasteiger partial charge in [0.2, 0.25) is 10.0 Å². The molecule has 0 saturated carbocycles. The number of hydrogen-bond acceptors (Lipinski definition) is 4. The number of benzene rings is 2. The molecule has 0 fully saturated rings. The maximum Gasteiger partial charge on any atom is 0.236 e. The molecule has 6 heteroatoms. The molecule has 2 aromatic rings. The number of rotatable bonds is 4. The smallest absolute Gasteiger partial charge is 0.236 e. The molecule has 2 aromatic carbocycles. The molecule has 0 amide bonds. The van der Waals surface area contributed by atoms with Crippen LogP contribution in [0, 0.1) is 11.3 Å². The van der Waals surface area contributed by atoms with Crippen LogP contribution in [0.3, 0.4) is 0 Å². The summed E-state index contributed by atoms with van der Waals surface area (Å²) in [4.78, 5) is 0. The van der Waals surface area contributed by atoms with Gasteiger partial charge in [-0.25, -0.2) is 8.42 Å². The molecule has 3 N–H and O–H groups in total. The summed E-state index contributed by atoms with van der Waals surface area (Å²) in [5.41, 5.74) is 7.61. The fourth-order valence-corrected chi connectivity index (χ4v) is 2.94. The van der Waals surface area contributed by atoms with Crippen molar-refractivity contribution in [3.8, 4) is 6.07 Å². The van der Waals surface area contributed by atoms with E-state index in [4.69, 9.17) is 11.0 Å². The van der Waals surface area contributed by atoms with E-state index >= 15 is 0 Å². The van der Waals surface area contributed by atoms with E-state index in [-0.39, 0.29) is 5.75 Å². The number of nitriles is 1. The molecule has 0 heterocycles. The van der Waals surface area contributed by atoms with Crippen LogP contribution in [0.4, 0.5) is 11.4 Å². The standard InChI is InChI=1S/C14H13N3O2S/c15-9-11-5-7-13(8-6-11)17-20(18,19)10-12-3-1-2-4-14(12)16/h1-8,17H,10,16H2. The second-order valence-electron chi connectivity index (χ2n) is 4.25. The third-order valence-electron chi connectivity index (χ3n) is 2.69. The van der Waals surface area contributed by atoms with Crippen molar-refractivity contribution in [1.82, 2.24) is 0 Å². The molecule has 0 bridgehead atoms. The highest BCUT2D eigenvalue weighted by molar-refractivity contribution is 7.91. The lowest BCUT2D eigenvalue weighted by Crippen LogP contribution is -2.15. The van der Waals surface area contributed by atoms with Crippen molar-refractivity contribution in [1.29, 1.82) is 5.26 Å². The highest BCUT2D eigenvalue weighted by Crippen LogP contribution is 2.17. The highest BCUT2D eigenvalue weighted by atomic mass is 32.2. The Morgan fingerprint density at radius 2 is 1.75 bits per heavy atom. The molecule has 0 saturated heterocycles. The van der Waals surface area contributed by atoms with Gasteiger partial charge in [-0.2, -0.15) is 5.26 Å². The molecular weight excluding hydrogens is 274 g/mol. The summed E-state index contributed by atoms with van der Waals surface area (Å²) in [6.45, 7) is 0. The first-order valence-electron chi connectivity index (χ1n) is 5.84. The summed E-state index contributed by atoms with van der Waals surface area (Å²) >= 11 is 0. The predicted molar refractivity (Wildman–Crippen MR) is 78.3 cm³/mol. The molecule has 0 aliphatic heterocycles. The Balaban J connectivity index is 2.15. The lowest BCUT2D eigenvalue weighted by atomic mass is 10.2. The van der Waals surface area contributed by atoms with E-state index < -0.39 is 10.0 Å². The van der Waals surface area contributed by atoms with Crippen LogP contribution in [0.15, 0.2) is 48.5 Å². The normalized spacial score (nSPS) is 10.8. The van der Waals surface area contributed by atoms with Gasteiger partial charge in [0.05, 0.1) is 17.4 Å². The van der Waals surface area contributed by atoms with Crippen molar-refractivity contribution < 1.29 is 8.42 Å². The van der Waals surface area contributed by atoms with E-state index in [2.05, 4.69) is 4.72 Å². The molecule has 102 valence electrons. The number of hydrogen-bond donors (Lipinski definition) is 2. The van der Waals surface area contributed by atoms with Gasteiger partial charge in [0.25, 0.3) is 0 Å². The summed E-state index contributed by atoms with van der Waals surface area (Å²) in [5.74, 6) is -0.195. The Kier molecular flexibility index (Phi) is 3.91. The Labute approximate surface area is 117 Å². The van der Waals surface area contributed by atoms with Gasteiger partial charge in [0.1, 0.15) is 0 Å². The monoisotopic (exact) mass is 287 g/mol. The summed E-state index contributed by atoms with van der Waals surface area (Å²) < 4.78 is 26.5. The fraction of sp³-hybridized carbons (Fsp3) is 0.0714. The zero-order valence-corrected chi connectivity index (χ0v) is 11.4. The number of anilines is 2. The predicted octanol–water partition coefficient (Wildman–Crippen LogP) is 2.08. The number of para-hydroxylation sites is 1. The SMILES string of the molecule is N#Cc1ccc(NS(=O)(=O)Cc2ccccc2N)cc1. The van der Waals surface area contributed by atoms with Crippen LogP contribution in [-0.2, 0) is 15.8 Å². The van der Waals surface area contributed by atoms with E-state index in [1.807, 2.05) is 6.07 Å². The second kappa shape index (κ2) is 5.63. The van der Waals surface area contributed by atoms with Gasteiger partial charge in [-0.05, 0) is 35.9 Å². The van der Waals surface area contributed by atoms with Gasteiger partial charge in [-0.3, -0.25) is 4.72 Å². The number of sulfonamides is 1. The second-order valence-corrected chi connectivity index (χ2v) is 5.97. The lowest BCUT2D eigenvalue weighted by molar-refractivity contribution is 0.600. The van der Waals surface area contributed by atoms with Crippen molar-refractivity contribution in [2.24, 2.45) is 0 Å². The Bertz CT molecular complexity index is 747. The molecule has 0 radical (unpaired) electrons. The van der Waals surface area contributed by atoms with E-state index in [1.165, 1.54) is 0 Å². The Morgan fingerprint density at radius 1 is 1.10 bits per heavy atom. The molecule has 5 nitrogen and oxygen atoms in total. The van der Waals surface area contributed by atoms with Crippen LogP contribution in [0.2, 0.25) is 0 Å². The van der Waals surface area contributed by atoms with Gasteiger partial charge in [0.15, 0.2) is 0 Å². The van der Waals surface area contributed by atoms with Gasteiger partial charge >= 0.3 is 0 Å². The van der Waals surface area contributed by atoms with Crippen molar-refractivity contribution in [3.63, 3.8) is 0 Å². The largest absolute Gasteiger partial charge is 0.398 e. The first kappa shape index (κ1) is 13.9. The molecule has 2 rings (SSSR count). The molecule has 0 aliphatic carbocycles. The van der Waals surface area contributed by atoms with Gasteiger partial charge in [0, 0.05) is 11.4 Å². The summed E-state index contributed by atoms with van der Waals surface area (Å²) in [6, 6.07) is 15.0. The first-order chi connectivity index (χ1) is 9.50. The first-order valence-corrected chi connectivity index (χ1v) is 7.49. The van der Waals surface area contributed by atoms with Gasteiger partial charge < -0.3 is 5.73 Å². The number of nitrogens with one attached hydrogen (secondary N) is 1. The lowest BCUT2D eigenvalue weighted by Gasteiger charge is -2.09.